The molecule has 0 atom stereocenters. The van der Waals surface area contributed by atoms with Gasteiger partial charge in [-0.3, -0.25) is 18.7 Å². The second kappa shape index (κ2) is 14.3. The molecule has 0 radical (unpaired) electrons. The zero-order valence-electron chi connectivity index (χ0n) is 43.7. The monoisotopic (exact) mass is 763 g/mol. The molecule has 0 aliphatic heterocycles. The Labute approximate surface area is 354 Å². The highest BCUT2D eigenvalue weighted by Gasteiger charge is 2.21. The average molecular weight is 764 g/mol. The largest absolute Gasteiger partial charge is 0.458 e. The van der Waals surface area contributed by atoms with E-state index in [4.69, 9.17) is 26.2 Å². The van der Waals surface area contributed by atoms with Gasteiger partial charge in [0, 0.05) is 38.2 Å². The van der Waals surface area contributed by atoms with Crippen LogP contribution in [0.5, 0.6) is 11.5 Å². The predicted octanol–water partition coefficient (Wildman–Crippen LogP) is 12.3. The minimum Gasteiger partial charge on any atom is -0.458 e. The molecule has 0 spiro atoms. The Hall–Kier alpha value is -7.31. The van der Waals surface area contributed by atoms with Gasteiger partial charge in [0.2, 0.25) is 0 Å². The predicted molar refractivity (Wildman–Crippen MR) is 234 cm³/mol. The maximum absolute atomic E-state index is 8.99. The van der Waals surface area contributed by atoms with Gasteiger partial charge in [0.1, 0.15) is 17.3 Å². The van der Waals surface area contributed by atoms with Gasteiger partial charge in [-0.15, -0.1) is 0 Å². The fraction of sp³-hybridized carbons (Fsp3) is 0.0962. The van der Waals surface area contributed by atoms with Crippen molar-refractivity contribution in [2.75, 3.05) is 0 Å². The molecule has 0 N–H and O–H groups in total. The Bertz CT molecular complexity index is 3660. The molecule has 0 saturated carbocycles. The lowest BCUT2D eigenvalue weighted by Crippen LogP contribution is -2.31. The molecule has 280 valence electrons. The van der Waals surface area contributed by atoms with Gasteiger partial charge in [-0.1, -0.05) is 124 Å². The number of hydrogen-bond donors (Lipinski definition) is 0. The van der Waals surface area contributed by atoms with E-state index in [9.17, 15) is 0 Å². The maximum atomic E-state index is 8.99. The molecule has 10 aromatic rings. The van der Waals surface area contributed by atoms with E-state index in [2.05, 4.69) is 11.3 Å². The molecule has 0 aliphatic rings. The van der Waals surface area contributed by atoms with E-state index < -0.39 is 72.2 Å². The van der Waals surface area contributed by atoms with E-state index in [1.54, 1.807) is 82.3 Å². The molecule has 6 aromatic carbocycles. The summed E-state index contributed by atoms with van der Waals surface area (Å²) >= 11 is 0. The number of hydrogen-bond acceptors (Lipinski definition) is 3. The molecule has 10 rings (SSSR count). The lowest BCUT2D eigenvalue weighted by Gasteiger charge is -2.18. The quantitative estimate of drug-likeness (QED) is 0.114. The Morgan fingerprint density at radius 2 is 1.40 bits per heavy atom. The minimum atomic E-state index is -1.65. The van der Waals surface area contributed by atoms with E-state index in [1.807, 2.05) is 73.9 Å². The zero-order chi connectivity index (χ0) is 49.7. The number of para-hydroxylation sites is 2. The van der Waals surface area contributed by atoms with Crippen molar-refractivity contribution in [3.63, 3.8) is 0 Å². The number of pyridine rings is 2. The summed E-state index contributed by atoms with van der Waals surface area (Å²) in [5.41, 5.74) is 3.12. The van der Waals surface area contributed by atoms with Crippen molar-refractivity contribution in [3.8, 4) is 50.9 Å². The fourth-order valence-electron chi connectivity index (χ4n) is 7.41. The van der Waals surface area contributed by atoms with Crippen molar-refractivity contribution in [2.24, 2.45) is 5.41 Å². The molecule has 0 unspecified atom stereocenters. The van der Waals surface area contributed by atoms with Crippen LogP contribution in [0.1, 0.15) is 42.8 Å². The molecule has 4 heterocycles. The third-order valence-electron chi connectivity index (χ3n) is 9.71. The standard InChI is InChI=1S/C52H41N5O/c1-52(2,3)33-36-26-29-54-50(30-36)57-46-23-11-10-20-44(46)45-25-24-41(32-48(45)57)58-40-19-12-18-39(31-40)55-35-56(47-27-28-53-34-49(47)55)51-42(37-14-6-4-7-15-37)21-13-22-43(51)38-16-8-5-9-17-38/h4-32,34H,33H2,1-3H3/i4D,5D,6D,7D,8D,9D,14D,15D,16D,17D,33D2. The highest BCUT2D eigenvalue weighted by molar-refractivity contribution is 6.09. The molecule has 6 nitrogen and oxygen atoms in total. The van der Waals surface area contributed by atoms with Crippen molar-refractivity contribution in [1.29, 1.82) is 0 Å². The van der Waals surface area contributed by atoms with Crippen LogP contribution < -0.4 is 9.30 Å². The molecule has 6 heteroatoms. The van der Waals surface area contributed by atoms with Crippen molar-refractivity contribution in [2.45, 2.75) is 27.1 Å². The number of benzene rings is 6. The van der Waals surface area contributed by atoms with Crippen LogP contribution in [0.25, 0.3) is 72.3 Å². The van der Waals surface area contributed by atoms with Gasteiger partial charge < -0.3 is 4.74 Å². The van der Waals surface area contributed by atoms with E-state index in [0.29, 0.717) is 39.6 Å². The lowest BCUT2D eigenvalue weighted by molar-refractivity contribution is -0.571. The van der Waals surface area contributed by atoms with Crippen LogP contribution in [0.3, 0.4) is 0 Å². The van der Waals surface area contributed by atoms with Crippen molar-refractivity contribution in [3.05, 3.63) is 194 Å². The molecule has 0 amide bonds. The van der Waals surface area contributed by atoms with Gasteiger partial charge in [0.15, 0.2) is 0 Å². The Balaban J connectivity index is 1.13. The normalized spacial score (nSPS) is 14.9. The lowest BCUT2D eigenvalue weighted by atomic mass is 9.88. The summed E-state index contributed by atoms with van der Waals surface area (Å²) in [5, 5.41) is 1.93. The average Bonchev–Trinajstić information content (AvgIpc) is 3.90. The third kappa shape index (κ3) is 6.48. The van der Waals surface area contributed by atoms with Gasteiger partial charge in [-0.05, 0) is 94.2 Å². The first-order chi connectivity index (χ1) is 33.3. The number of fused-ring (bicyclic) bond motifs is 4. The Kier molecular flexibility index (Phi) is 6.01. The summed E-state index contributed by atoms with van der Waals surface area (Å²) in [4.78, 5) is 9.14. The molecule has 0 aliphatic carbocycles. The Morgan fingerprint density at radius 3 is 2.16 bits per heavy atom. The minimum absolute atomic E-state index is 0.123. The number of rotatable bonds is 8. The van der Waals surface area contributed by atoms with Gasteiger partial charge in [-0.2, -0.15) is 0 Å². The maximum Gasteiger partial charge on any atom is 0.269 e. The molecule has 0 saturated heterocycles. The first-order valence-electron chi connectivity index (χ1n) is 24.7. The van der Waals surface area contributed by atoms with Crippen molar-refractivity contribution >= 4 is 32.8 Å². The molecular weight excluding hydrogens is 711 g/mol. The number of nitrogens with zero attached hydrogens (tertiary/aromatic N) is 5. The van der Waals surface area contributed by atoms with Crippen LogP contribution in [-0.2, 0) is 6.37 Å². The van der Waals surface area contributed by atoms with Gasteiger partial charge in [0.05, 0.1) is 47.1 Å². The van der Waals surface area contributed by atoms with Crippen LogP contribution in [-0.4, -0.2) is 19.1 Å². The number of imidazole rings is 1. The van der Waals surface area contributed by atoms with Crippen LogP contribution >= 0.6 is 0 Å². The van der Waals surface area contributed by atoms with Crippen LogP contribution in [0, 0.1) is 11.7 Å². The SMILES string of the molecule is [2H]c1c([2H])c([2H])c(-c2cccc(-c3c([2H])c([2H])c([2H])c([2H])c3[2H])c2-[n+]2[c-]n(-c3cccc(Oc4ccc5c6ccccc6n(-c6cc(C([2H])([2H])C(C)(C)C)ccn6)c5c4)c3)c3cnccc32)c([2H])c1[2H]. The van der Waals surface area contributed by atoms with Gasteiger partial charge in [-0.25, -0.2) is 4.98 Å². The highest BCUT2D eigenvalue weighted by Crippen LogP contribution is 2.37. The number of aromatic nitrogens is 5. The molecular formula is C52H41N5O. The van der Waals surface area contributed by atoms with Crippen molar-refractivity contribution in [1.82, 2.24) is 19.1 Å². The second-order valence-corrected chi connectivity index (χ2v) is 14.7. The van der Waals surface area contributed by atoms with E-state index in [-0.39, 0.29) is 27.9 Å². The number of ether oxygens (including phenoxy) is 1. The van der Waals surface area contributed by atoms with E-state index in [0.717, 1.165) is 21.8 Å². The summed E-state index contributed by atoms with van der Waals surface area (Å²) in [5.74, 6) is 1.50. The Morgan fingerprint density at radius 1 is 0.690 bits per heavy atom. The zero-order valence-corrected chi connectivity index (χ0v) is 31.7. The van der Waals surface area contributed by atoms with Crippen LogP contribution in [0.15, 0.2) is 182 Å². The first kappa shape index (κ1) is 24.4. The summed E-state index contributed by atoms with van der Waals surface area (Å²) in [6.07, 6.45) is 6.51. The fourth-order valence-corrected chi connectivity index (χ4v) is 7.41. The first-order valence-corrected chi connectivity index (χ1v) is 18.7. The van der Waals surface area contributed by atoms with Crippen LogP contribution in [0.4, 0.5) is 0 Å². The topological polar surface area (TPSA) is 48.8 Å². The van der Waals surface area contributed by atoms with E-state index >= 15 is 0 Å². The highest BCUT2D eigenvalue weighted by atomic mass is 16.5. The summed E-state index contributed by atoms with van der Waals surface area (Å²) < 4.78 is 117. The summed E-state index contributed by atoms with van der Waals surface area (Å²) in [7, 11) is 0. The van der Waals surface area contributed by atoms with Crippen LogP contribution in [0.2, 0.25) is 0 Å². The van der Waals surface area contributed by atoms with Gasteiger partial charge in [0.25, 0.3) is 6.33 Å². The smallest absolute Gasteiger partial charge is 0.269 e. The van der Waals surface area contributed by atoms with Gasteiger partial charge >= 0.3 is 0 Å². The summed E-state index contributed by atoms with van der Waals surface area (Å²) in [6, 6.07) is 25.4. The van der Waals surface area contributed by atoms with Crippen molar-refractivity contribution < 1.29 is 25.8 Å². The third-order valence-corrected chi connectivity index (χ3v) is 9.71. The second-order valence-electron chi connectivity index (χ2n) is 14.7. The molecule has 4 aromatic heterocycles. The molecule has 58 heavy (non-hydrogen) atoms. The molecule has 0 bridgehead atoms. The van der Waals surface area contributed by atoms with E-state index in [1.165, 1.54) is 0 Å². The molecule has 0 fully saturated rings. The summed E-state index contributed by atoms with van der Waals surface area (Å²) in [6.45, 7) is 5.61.